The van der Waals surface area contributed by atoms with Crippen molar-refractivity contribution >= 4 is 42.5 Å². The maximum Gasteiger partial charge on any atom is 0.153 e. The molecule has 0 aliphatic rings. The van der Waals surface area contributed by atoms with Crippen molar-refractivity contribution in [2.24, 2.45) is 0 Å². The van der Waals surface area contributed by atoms with Crippen LogP contribution in [0.15, 0.2) is 53.1 Å². The number of furan rings is 1. The molecule has 0 N–H and O–H groups in total. The lowest BCUT2D eigenvalue weighted by atomic mass is 9.82. The highest BCUT2D eigenvalue weighted by molar-refractivity contribution is 7.26. The Bertz CT molecular complexity index is 1450. The number of rotatable bonds is 1. The smallest absolute Gasteiger partial charge is 0.153 e. The van der Waals surface area contributed by atoms with Crippen molar-refractivity contribution in [1.29, 1.82) is 0 Å². The Morgan fingerprint density at radius 1 is 0.839 bits per heavy atom. The summed E-state index contributed by atoms with van der Waals surface area (Å²) in [6.07, 6.45) is 1.92. The summed E-state index contributed by atoms with van der Waals surface area (Å²) in [5.41, 5.74) is 5.86. The number of pyridine rings is 1. The highest BCUT2D eigenvalue weighted by Gasteiger charge is 2.26. The topological polar surface area (TPSA) is 26.0 Å². The fraction of sp³-hybridized carbons (Fsp3) is 0.321. The average Bonchev–Trinajstić information content (AvgIpc) is 3.23. The van der Waals surface area contributed by atoms with Gasteiger partial charge in [0, 0.05) is 28.1 Å². The second-order valence-electron chi connectivity index (χ2n) is 10.6. The van der Waals surface area contributed by atoms with Crippen molar-refractivity contribution in [2.75, 3.05) is 0 Å². The van der Waals surface area contributed by atoms with Gasteiger partial charge >= 0.3 is 0 Å². The second-order valence-corrected chi connectivity index (χ2v) is 11.6. The summed E-state index contributed by atoms with van der Waals surface area (Å²) >= 11 is 1.81. The summed E-state index contributed by atoms with van der Waals surface area (Å²) in [6.45, 7) is 15.7. The number of aryl methyl sites for hydroxylation is 1. The summed E-state index contributed by atoms with van der Waals surface area (Å²) in [7, 11) is 0. The van der Waals surface area contributed by atoms with Gasteiger partial charge in [0.05, 0.1) is 15.1 Å². The Balaban J connectivity index is 1.81. The lowest BCUT2D eigenvalue weighted by Crippen LogP contribution is -2.12. The first-order valence-corrected chi connectivity index (χ1v) is 11.7. The number of thiophene rings is 1. The van der Waals surface area contributed by atoms with Crippen LogP contribution in [0.4, 0.5) is 0 Å². The third-order valence-corrected chi connectivity index (χ3v) is 7.38. The van der Waals surface area contributed by atoms with E-state index in [1.807, 2.05) is 17.5 Å². The Morgan fingerprint density at radius 2 is 1.58 bits per heavy atom. The van der Waals surface area contributed by atoms with E-state index in [0.29, 0.717) is 0 Å². The molecule has 0 saturated carbocycles. The molecule has 0 fully saturated rings. The SMILES string of the molecule is Cc1c(C(C)(C)C)oc2c1sc1c(-c3cc(C(C)(C)C)c4ccccc4c3)nccc12. The number of fused-ring (bicyclic) bond motifs is 4. The van der Waals surface area contributed by atoms with Gasteiger partial charge in [0.1, 0.15) is 5.76 Å². The Morgan fingerprint density at radius 3 is 2.29 bits per heavy atom. The van der Waals surface area contributed by atoms with Gasteiger partial charge in [-0.05, 0) is 46.9 Å². The fourth-order valence-corrected chi connectivity index (χ4v) is 5.85. The Hall–Kier alpha value is -2.65. The molecule has 0 aliphatic heterocycles. The molecular formula is C28H29NOS. The zero-order valence-corrected chi connectivity index (χ0v) is 20.2. The van der Waals surface area contributed by atoms with Crippen molar-refractivity contribution in [3.63, 3.8) is 0 Å². The third-order valence-electron chi connectivity index (χ3n) is 6.07. The van der Waals surface area contributed by atoms with E-state index in [1.165, 1.54) is 36.9 Å². The third kappa shape index (κ3) is 3.18. The number of hydrogen-bond donors (Lipinski definition) is 0. The van der Waals surface area contributed by atoms with Crippen molar-refractivity contribution in [3.05, 3.63) is 65.5 Å². The van der Waals surface area contributed by atoms with Crippen molar-refractivity contribution in [2.45, 2.75) is 59.3 Å². The lowest BCUT2D eigenvalue weighted by molar-refractivity contribution is 0.428. The van der Waals surface area contributed by atoms with Gasteiger partial charge in [-0.15, -0.1) is 11.3 Å². The minimum absolute atomic E-state index is 0.00897. The molecule has 158 valence electrons. The van der Waals surface area contributed by atoms with Crippen molar-refractivity contribution in [1.82, 2.24) is 4.98 Å². The largest absolute Gasteiger partial charge is 0.459 e. The van der Waals surface area contributed by atoms with Crippen molar-refractivity contribution in [3.8, 4) is 11.3 Å². The van der Waals surface area contributed by atoms with Gasteiger partial charge in [-0.1, -0.05) is 65.8 Å². The van der Waals surface area contributed by atoms with Crippen LogP contribution in [0.3, 0.4) is 0 Å². The predicted molar refractivity (Wildman–Crippen MR) is 134 cm³/mol. The van der Waals surface area contributed by atoms with E-state index >= 15 is 0 Å². The van der Waals surface area contributed by atoms with E-state index in [9.17, 15) is 0 Å². The van der Waals surface area contributed by atoms with Crippen LogP contribution in [0.5, 0.6) is 0 Å². The van der Waals surface area contributed by atoms with Gasteiger partial charge in [-0.25, -0.2) is 0 Å². The van der Waals surface area contributed by atoms with E-state index in [1.54, 1.807) is 0 Å². The van der Waals surface area contributed by atoms with Gasteiger partial charge in [-0.3, -0.25) is 4.98 Å². The molecule has 2 nitrogen and oxygen atoms in total. The van der Waals surface area contributed by atoms with E-state index in [0.717, 1.165) is 22.4 Å². The van der Waals surface area contributed by atoms with Crippen LogP contribution in [0.2, 0.25) is 0 Å². The predicted octanol–water partition coefficient (Wildman–Crippen LogP) is 8.77. The molecule has 5 aromatic rings. The summed E-state index contributed by atoms with van der Waals surface area (Å²) < 4.78 is 8.88. The number of nitrogens with zero attached hydrogens (tertiary/aromatic N) is 1. The molecule has 2 aromatic carbocycles. The van der Waals surface area contributed by atoms with Crippen LogP contribution in [-0.4, -0.2) is 4.98 Å². The molecule has 5 rings (SSSR count). The molecule has 0 unspecified atom stereocenters. The minimum Gasteiger partial charge on any atom is -0.459 e. The van der Waals surface area contributed by atoms with Gasteiger partial charge in [0.15, 0.2) is 5.58 Å². The van der Waals surface area contributed by atoms with Crippen LogP contribution in [0.25, 0.3) is 42.4 Å². The van der Waals surface area contributed by atoms with E-state index in [-0.39, 0.29) is 10.8 Å². The molecule has 0 amide bonds. The molecule has 3 heteroatoms. The monoisotopic (exact) mass is 427 g/mol. The molecular weight excluding hydrogens is 398 g/mol. The van der Waals surface area contributed by atoms with Crippen LogP contribution in [0, 0.1) is 6.92 Å². The normalized spacial score (nSPS) is 13.0. The second kappa shape index (κ2) is 6.67. The highest BCUT2D eigenvalue weighted by Crippen LogP contribution is 2.45. The first kappa shape index (κ1) is 20.3. The van der Waals surface area contributed by atoms with E-state index in [2.05, 4.69) is 90.9 Å². The van der Waals surface area contributed by atoms with Crippen LogP contribution in [0.1, 0.15) is 58.4 Å². The Kier molecular flexibility index (Phi) is 4.36. The maximum atomic E-state index is 6.44. The standard InChI is InChI=1S/C28H29NOS/c1-16-24-23(30-26(16)28(5,6)7)20-12-13-29-22(25(20)31-24)18-14-17-10-8-9-11-19(17)21(15-18)27(2,3)4/h8-15H,1-7H3. The zero-order chi connectivity index (χ0) is 22.1. The molecule has 0 spiro atoms. The summed E-state index contributed by atoms with van der Waals surface area (Å²) in [6, 6.07) is 15.4. The molecule has 0 atom stereocenters. The summed E-state index contributed by atoms with van der Waals surface area (Å²) in [5.74, 6) is 1.08. The quantitative estimate of drug-likeness (QED) is 0.267. The first-order valence-electron chi connectivity index (χ1n) is 10.9. The molecule has 0 radical (unpaired) electrons. The lowest BCUT2D eigenvalue weighted by Gasteiger charge is -2.22. The molecule has 3 heterocycles. The molecule has 3 aromatic heterocycles. The Labute approximate surface area is 187 Å². The van der Waals surface area contributed by atoms with Crippen LogP contribution >= 0.6 is 11.3 Å². The summed E-state index contributed by atoms with van der Waals surface area (Å²) in [4.78, 5) is 4.85. The average molecular weight is 428 g/mol. The molecule has 0 bridgehead atoms. The van der Waals surface area contributed by atoms with Gasteiger partial charge < -0.3 is 4.42 Å². The fourth-order valence-electron chi connectivity index (χ4n) is 4.62. The van der Waals surface area contributed by atoms with Crippen molar-refractivity contribution < 1.29 is 4.42 Å². The summed E-state index contributed by atoms with van der Waals surface area (Å²) in [5, 5.41) is 3.74. The molecule has 0 aliphatic carbocycles. The van der Waals surface area contributed by atoms with Crippen LogP contribution in [-0.2, 0) is 10.8 Å². The number of benzene rings is 2. The molecule has 31 heavy (non-hydrogen) atoms. The van der Waals surface area contributed by atoms with E-state index < -0.39 is 0 Å². The van der Waals surface area contributed by atoms with Gasteiger partial charge in [0.25, 0.3) is 0 Å². The van der Waals surface area contributed by atoms with Crippen LogP contribution < -0.4 is 0 Å². The first-order chi connectivity index (χ1) is 14.6. The van der Waals surface area contributed by atoms with E-state index in [4.69, 9.17) is 9.40 Å². The zero-order valence-electron chi connectivity index (χ0n) is 19.4. The van der Waals surface area contributed by atoms with Gasteiger partial charge in [-0.2, -0.15) is 0 Å². The number of aromatic nitrogens is 1. The maximum absolute atomic E-state index is 6.44. The van der Waals surface area contributed by atoms with Gasteiger partial charge in [0.2, 0.25) is 0 Å². The number of hydrogen-bond acceptors (Lipinski definition) is 3. The highest BCUT2D eigenvalue weighted by atomic mass is 32.1. The minimum atomic E-state index is -0.00897. The molecule has 0 saturated heterocycles.